The lowest BCUT2D eigenvalue weighted by atomic mass is 9.87. The van der Waals surface area contributed by atoms with Crippen LogP contribution < -0.4 is 15.1 Å². The standard InChI is InChI=1S/C31H34N6O/c38-31(20-23-4-2-1-3-5-23)34-26-9-6-24(7-10-26)25-8-11-28-29(21-25)35-30(22-33-28)37-18-16-36(17-19-37)27-12-14-32-15-13-27/h6-15,21-23H,1-5,16-20H2,(H,34,38). The van der Waals surface area contributed by atoms with Crippen molar-refractivity contribution in [2.24, 2.45) is 5.92 Å². The van der Waals surface area contributed by atoms with Gasteiger partial charge in [0.05, 0.1) is 17.2 Å². The van der Waals surface area contributed by atoms with Crippen molar-refractivity contribution >= 4 is 34.1 Å². The first kappa shape index (κ1) is 24.3. The third kappa shape index (κ3) is 5.62. The maximum atomic E-state index is 12.5. The Morgan fingerprint density at radius 2 is 1.53 bits per heavy atom. The van der Waals surface area contributed by atoms with Crippen LogP contribution in [0.3, 0.4) is 0 Å². The number of rotatable bonds is 6. The quantitative estimate of drug-likeness (QED) is 0.350. The van der Waals surface area contributed by atoms with Gasteiger partial charge in [-0.2, -0.15) is 0 Å². The Morgan fingerprint density at radius 3 is 2.29 bits per heavy atom. The number of anilines is 3. The summed E-state index contributed by atoms with van der Waals surface area (Å²) in [5.41, 5.74) is 6.02. The molecule has 4 aromatic rings. The summed E-state index contributed by atoms with van der Waals surface area (Å²) in [7, 11) is 0. The van der Waals surface area contributed by atoms with Crippen molar-refractivity contribution < 1.29 is 4.79 Å². The van der Waals surface area contributed by atoms with Gasteiger partial charge in [0.15, 0.2) is 0 Å². The maximum Gasteiger partial charge on any atom is 0.224 e. The van der Waals surface area contributed by atoms with E-state index >= 15 is 0 Å². The summed E-state index contributed by atoms with van der Waals surface area (Å²) in [4.78, 5) is 31.0. The summed E-state index contributed by atoms with van der Waals surface area (Å²) in [6, 6.07) is 18.4. The number of fused-ring (bicyclic) bond motifs is 1. The highest BCUT2D eigenvalue weighted by molar-refractivity contribution is 5.91. The van der Waals surface area contributed by atoms with E-state index in [1.54, 1.807) is 0 Å². The fraction of sp³-hybridized carbons (Fsp3) is 0.355. The van der Waals surface area contributed by atoms with Crippen molar-refractivity contribution in [1.82, 2.24) is 15.0 Å². The second-order valence-electron chi connectivity index (χ2n) is 10.4. The molecule has 6 rings (SSSR count). The summed E-state index contributed by atoms with van der Waals surface area (Å²) in [5, 5.41) is 3.08. The number of amides is 1. The van der Waals surface area contributed by atoms with Gasteiger partial charge in [0, 0.05) is 56.4 Å². The van der Waals surface area contributed by atoms with E-state index in [0.29, 0.717) is 12.3 Å². The summed E-state index contributed by atoms with van der Waals surface area (Å²) in [6.07, 6.45) is 12.4. The zero-order chi connectivity index (χ0) is 25.7. The highest BCUT2D eigenvalue weighted by Crippen LogP contribution is 2.28. The Labute approximate surface area is 223 Å². The molecule has 194 valence electrons. The highest BCUT2D eigenvalue weighted by Gasteiger charge is 2.19. The Balaban J connectivity index is 1.11. The van der Waals surface area contributed by atoms with E-state index in [9.17, 15) is 4.79 Å². The number of nitrogens with one attached hydrogen (secondary N) is 1. The SMILES string of the molecule is O=C(CC1CCCCC1)Nc1ccc(-c2ccc3ncc(N4CCN(c5ccncc5)CC4)nc3c2)cc1. The topological polar surface area (TPSA) is 74.2 Å². The molecule has 3 heterocycles. The smallest absolute Gasteiger partial charge is 0.224 e. The number of benzene rings is 2. The summed E-state index contributed by atoms with van der Waals surface area (Å²) in [6.45, 7) is 3.67. The number of carbonyl (C=O) groups is 1. The molecule has 2 aliphatic rings. The molecular formula is C31H34N6O. The predicted octanol–water partition coefficient (Wildman–Crippen LogP) is 5.93. The van der Waals surface area contributed by atoms with E-state index in [1.165, 1.54) is 37.8 Å². The van der Waals surface area contributed by atoms with Gasteiger partial charge in [-0.05, 0) is 66.3 Å². The number of piperazine rings is 1. The van der Waals surface area contributed by atoms with Crippen LogP contribution in [0.4, 0.5) is 17.2 Å². The molecule has 0 unspecified atom stereocenters. The largest absolute Gasteiger partial charge is 0.368 e. The van der Waals surface area contributed by atoms with Gasteiger partial charge in [-0.1, -0.05) is 37.5 Å². The molecule has 1 aliphatic carbocycles. The number of pyridine rings is 1. The van der Waals surface area contributed by atoms with Crippen LogP contribution in [0, 0.1) is 5.92 Å². The minimum atomic E-state index is 0.125. The van der Waals surface area contributed by atoms with Gasteiger partial charge < -0.3 is 15.1 Å². The Hall–Kier alpha value is -4.00. The predicted molar refractivity (Wildman–Crippen MR) is 153 cm³/mol. The average molecular weight is 507 g/mol. The molecule has 0 radical (unpaired) electrons. The van der Waals surface area contributed by atoms with Gasteiger partial charge in [-0.15, -0.1) is 0 Å². The summed E-state index contributed by atoms with van der Waals surface area (Å²) in [5.74, 6) is 1.58. The second kappa shape index (κ2) is 11.2. The monoisotopic (exact) mass is 506 g/mol. The maximum absolute atomic E-state index is 12.5. The van der Waals surface area contributed by atoms with Gasteiger partial charge in [0.2, 0.25) is 5.91 Å². The van der Waals surface area contributed by atoms with Gasteiger partial charge in [-0.3, -0.25) is 14.8 Å². The molecule has 0 bridgehead atoms. The molecule has 2 aromatic carbocycles. The van der Waals surface area contributed by atoms with E-state index < -0.39 is 0 Å². The van der Waals surface area contributed by atoms with Crippen molar-refractivity contribution in [3.05, 3.63) is 73.2 Å². The number of carbonyl (C=O) groups excluding carboxylic acids is 1. The van der Waals surface area contributed by atoms with Crippen molar-refractivity contribution in [3.8, 4) is 11.1 Å². The van der Waals surface area contributed by atoms with Crippen LogP contribution in [-0.2, 0) is 4.79 Å². The fourth-order valence-electron chi connectivity index (χ4n) is 5.69. The van der Waals surface area contributed by atoms with Gasteiger partial charge in [-0.25, -0.2) is 4.98 Å². The number of aromatic nitrogens is 3. The van der Waals surface area contributed by atoms with Crippen molar-refractivity contribution in [2.75, 3.05) is 41.3 Å². The second-order valence-corrected chi connectivity index (χ2v) is 10.4. The van der Waals surface area contributed by atoms with E-state index in [2.05, 4.69) is 61.5 Å². The highest BCUT2D eigenvalue weighted by atomic mass is 16.1. The molecule has 1 N–H and O–H groups in total. The van der Waals surface area contributed by atoms with Crippen LogP contribution in [0.1, 0.15) is 38.5 Å². The van der Waals surface area contributed by atoms with Crippen LogP contribution in [0.25, 0.3) is 22.2 Å². The lowest BCUT2D eigenvalue weighted by Gasteiger charge is -2.36. The van der Waals surface area contributed by atoms with Crippen LogP contribution in [0.15, 0.2) is 73.2 Å². The minimum Gasteiger partial charge on any atom is -0.368 e. The number of hydrogen-bond donors (Lipinski definition) is 1. The molecule has 1 saturated heterocycles. The van der Waals surface area contributed by atoms with Gasteiger partial charge in [0.1, 0.15) is 5.82 Å². The first-order chi connectivity index (χ1) is 18.7. The average Bonchev–Trinajstić information content (AvgIpc) is 2.98. The molecule has 38 heavy (non-hydrogen) atoms. The first-order valence-corrected chi connectivity index (χ1v) is 13.8. The fourth-order valence-corrected chi connectivity index (χ4v) is 5.69. The third-order valence-electron chi connectivity index (χ3n) is 7.86. The molecule has 0 spiro atoms. The normalized spacial score (nSPS) is 16.5. The molecule has 1 aliphatic heterocycles. The van der Waals surface area contributed by atoms with E-state index in [-0.39, 0.29) is 5.91 Å². The molecule has 2 fully saturated rings. The van der Waals surface area contributed by atoms with Gasteiger partial charge in [0.25, 0.3) is 0 Å². The van der Waals surface area contributed by atoms with Crippen LogP contribution >= 0.6 is 0 Å². The van der Waals surface area contributed by atoms with Crippen molar-refractivity contribution in [1.29, 1.82) is 0 Å². The molecule has 7 heteroatoms. The van der Waals surface area contributed by atoms with Crippen molar-refractivity contribution in [3.63, 3.8) is 0 Å². The molecule has 7 nitrogen and oxygen atoms in total. The van der Waals surface area contributed by atoms with E-state index in [1.807, 2.05) is 36.8 Å². The van der Waals surface area contributed by atoms with Crippen LogP contribution in [0.5, 0.6) is 0 Å². The van der Waals surface area contributed by atoms with Crippen molar-refractivity contribution in [2.45, 2.75) is 38.5 Å². The number of hydrogen-bond acceptors (Lipinski definition) is 6. The number of nitrogens with zero attached hydrogens (tertiary/aromatic N) is 5. The molecular weight excluding hydrogens is 472 g/mol. The van der Waals surface area contributed by atoms with Crippen LogP contribution in [-0.4, -0.2) is 47.0 Å². The zero-order valence-electron chi connectivity index (χ0n) is 21.7. The Bertz CT molecular complexity index is 1380. The molecule has 2 aromatic heterocycles. The Kier molecular flexibility index (Phi) is 7.16. The molecule has 1 amide bonds. The third-order valence-corrected chi connectivity index (χ3v) is 7.86. The summed E-state index contributed by atoms with van der Waals surface area (Å²) < 4.78 is 0. The van der Waals surface area contributed by atoms with Crippen LogP contribution in [0.2, 0.25) is 0 Å². The van der Waals surface area contributed by atoms with E-state index in [0.717, 1.165) is 59.8 Å². The lowest BCUT2D eigenvalue weighted by Crippen LogP contribution is -2.46. The minimum absolute atomic E-state index is 0.125. The lowest BCUT2D eigenvalue weighted by molar-refractivity contribution is -0.117. The zero-order valence-corrected chi connectivity index (χ0v) is 21.7. The van der Waals surface area contributed by atoms with E-state index in [4.69, 9.17) is 4.98 Å². The molecule has 1 saturated carbocycles. The molecule has 0 atom stereocenters. The van der Waals surface area contributed by atoms with Gasteiger partial charge >= 0.3 is 0 Å². The first-order valence-electron chi connectivity index (χ1n) is 13.8. The summed E-state index contributed by atoms with van der Waals surface area (Å²) >= 11 is 0. The Morgan fingerprint density at radius 1 is 0.816 bits per heavy atom.